The van der Waals surface area contributed by atoms with Crippen molar-refractivity contribution in [3.63, 3.8) is 0 Å². The SMILES string of the molecule is COC(c1ccccc1)C(O)Cc1c(F)cccc1Cl. The van der Waals surface area contributed by atoms with E-state index in [0.29, 0.717) is 10.6 Å². The van der Waals surface area contributed by atoms with Crippen molar-refractivity contribution in [2.75, 3.05) is 7.11 Å². The first-order chi connectivity index (χ1) is 9.63. The third kappa shape index (κ3) is 3.37. The second-order valence-electron chi connectivity index (χ2n) is 4.54. The highest BCUT2D eigenvalue weighted by molar-refractivity contribution is 6.31. The molecule has 2 atom stereocenters. The summed E-state index contributed by atoms with van der Waals surface area (Å²) in [7, 11) is 1.52. The summed E-state index contributed by atoms with van der Waals surface area (Å²) in [6.45, 7) is 0. The number of hydrogen-bond acceptors (Lipinski definition) is 2. The normalized spacial score (nSPS) is 14.0. The van der Waals surface area contributed by atoms with Gasteiger partial charge in [-0.25, -0.2) is 4.39 Å². The number of aliphatic hydroxyl groups excluding tert-OH is 1. The molecule has 0 amide bonds. The van der Waals surface area contributed by atoms with Gasteiger partial charge in [0, 0.05) is 24.1 Å². The molecule has 0 saturated carbocycles. The number of ether oxygens (including phenoxy) is 1. The van der Waals surface area contributed by atoms with E-state index in [2.05, 4.69) is 0 Å². The summed E-state index contributed by atoms with van der Waals surface area (Å²) < 4.78 is 19.1. The zero-order valence-electron chi connectivity index (χ0n) is 11.1. The minimum atomic E-state index is -0.878. The van der Waals surface area contributed by atoms with Crippen LogP contribution in [0.5, 0.6) is 0 Å². The van der Waals surface area contributed by atoms with Crippen LogP contribution in [0.4, 0.5) is 4.39 Å². The first-order valence-electron chi connectivity index (χ1n) is 6.32. The van der Waals surface area contributed by atoms with Crippen LogP contribution in [0.1, 0.15) is 17.2 Å². The van der Waals surface area contributed by atoms with Crippen LogP contribution in [0.15, 0.2) is 48.5 Å². The molecule has 2 nitrogen and oxygen atoms in total. The quantitative estimate of drug-likeness (QED) is 0.909. The Morgan fingerprint density at radius 3 is 2.45 bits per heavy atom. The lowest BCUT2D eigenvalue weighted by Crippen LogP contribution is -2.23. The topological polar surface area (TPSA) is 29.5 Å². The van der Waals surface area contributed by atoms with Gasteiger partial charge in [0.2, 0.25) is 0 Å². The van der Waals surface area contributed by atoms with Crippen LogP contribution in [-0.2, 0) is 11.2 Å². The molecular formula is C16H16ClFO2. The molecule has 0 radical (unpaired) electrons. The molecule has 20 heavy (non-hydrogen) atoms. The van der Waals surface area contributed by atoms with Crippen molar-refractivity contribution in [3.05, 3.63) is 70.5 Å². The minimum Gasteiger partial charge on any atom is -0.390 e. The lowest BCUT2D eigenvalue weighted by Gasteiger charge is -2.22. The van der Waals surface area contributed by atoms with Crippen LogP contribution in [-0.4, -0.2) is 18.3 Å². The predicted molar refractivity (Wildman–Crippen MR) is 77.3 cm³/mol. The van der Waals surface area contributed by atoms with E-state index >= 15 is 0 Å². The number of rotatable bonds is 5. The highest BCUT2D eigenvalue weighted by Crippen LogP contribution is 2.27. The molecule has 106 valence electrons. The number of hydrogen-bond donors (Lipinski definition) is 1. The van der Waals surface area contributed by atoms with Gasteiger partial charge in [0.25, 0.3) is 0 Å². The lowest BCUT2D eigenvalue weighted by atomic mass is 9.98. The molecular weight excluding hydrogens is 279 g/mol. The standard InChI is InChI=1S/C16H16ClFO2/c1-20-16(11-6-3-2-4-7-11)15(19)10-12-13(17)8-5-9-14(12)18/h2-9,15-16,19H,10H2,1H3. The molecule has 0 aliphatic heterocycles. The predicted octanol–water partition coefficient (Wildman–Crippen LogP) is 3.77. The van der Waals surface area contributed by atoms with Crippen molar-refractivity contribution in [2.24, 2.45) is 0 Å². The molecule has 2 aromatic rings. The molecule has 1 N–H and O–H groups in total. The Kier molecular flexibility index (Phi) is 5.12. The molecule has 2 aromatic carbocycles. The van der Waals surface area contributed by atoms with Crippen LogP contribution in [0.2, 0.25) is 5.02 Å². The average Bonchev–Trinajstić information content (AvgIpc) is 2.45. The zero-order chi connectivity index (χ0) is 14.5. The second kappa shape index (κ2) is 6.84. The zero-order valence-corrected chi connectivity index (χ0v) is 11.8. The number of halogens is 2. The van der Waals surface area contributed by atoms with Gasteiger partial charge in [-0.15, -0.1) is 0 Å². The molecule has 0 heterocycles. The molecule has 0 spiro atoms. The minimum absolute atomic E-state index is 0.0961. The van der Waals surface area contributed by atoms with Gasteiger partial charge in [0.05, 0.1) is 6.10 Å². The van der Waals surface area contributed by atoms with Crippen LogP contribution in [0.3, 0.4) is 0 Å². The lowest BCUT2D eigenvalue weighted by molar-refractivity contribution is -0.0131. The summed E-state index contributed by atoms with van der Waals surface area (Å²) >= 11 is 5.98. The molecule has 0 aliphatic carbocycles. The second-order valence-corrected chi connectivity index (χ2v) is 4.95. The molecule has 0 aliphatic rings. The van der Waals surface area contributed by atoms with Gasteiger partial charge in [0.1, 0.15) is 11.9 Å². The molecule has 0 fully saturated rings. The summed E-state index contributed by atoms with van der Waals surface area (Å²) in [5.74, 6) is -0.417. The van der Waals surface area contributed by atoms with Crippen molar-refractivity contribution < 1.29 is 14.2 Å². The Balaban J connectivity index is 2.20. The van der Waals surface area contributed by atoms with E-state index in [9.17, 15) is 9.50 Å². The van der Waals surface area contributed by atoms with Gasteiger partial charge in [-0.1, -0.05) is 48.0 Å². The number of benzene rings is 2. The third-order valence-corrected chi connectivity index (χ3v) is 3.56. The maximum Gasteiger partial charge on any atom is 0.127 e. The molecule has 2 rings (SSSR count). The van der Waals surface area contributed by atoms with Crippen LogP contribution >= 0.6 is 11.6 Å². The third-order valence-electron chi connectivity index (χ3n) is 3.21. The van der Waals surface area contributed by atoms with Crippen LogP contribution in [0, 0.1) is 5.82 Å². The first kappa shape index (κ1) is 15.0. The van der Waals surface area contributed by atoms with E-state index in [4.69, 9.17) is 16.3 Å². The van der Waals surface area contributed by atoms with Gasteiger partial charge >= 0.3 is 0 Å². The van der Waals surface area contributed by atoms with Crippen LogP contribution < -0.4 is 0 Å². The van der Waals surface area contributed by atoms with Crippen molar-refractivity contribution in [2.45, 2.75) is 18.6 Å². The summed E-state index contributed by atoms with van der Waals surface area (Å²) in [4.78, 5) is 0. The maximum absolute atomic E-state index is 13.7. The van der Waals surface area contributed by atoms with Gasteiger partial charge in [-0.05, 0) is 17.7 Å². The van der Waals surface area contributed by atoms with E-state index in [1.54, 1.807) is 12.1 Å². The highest BCUT2D eigenvalue weighted by Gasteiger charge is 2.23. The highest BCUT2D eigenvalue weighted by atomic mass is 35.5. The Morgan fingerprint density at radius 1 is 1.15 bits per heavy atom. The van der Waals surface area contributed by atoms with E-state index in [-0.39, 0.29) is 6.42 Å². The molecule has 0 saturated heterocycles. The van der Waals surface area contributed by atoms with Gasteiger partial charge in [-0.3, -0.25) is 0 Å². The monoisotopic (exact) mass is 294 g/mol. The Hall–Kier alpha value is -1.42. The molecule has 2 unspecified atom stereocenters. The molecule has 0 aromatic heterocycles. The fourth-order valence-electron chi connectivity index (χ4n) is 2.20. The Labute approximate surface area is 122 Å². The smallest absolute Gasteiger partial charge is 0.127 e. The van der Waals surface area contributed by atoms with Crippen molar-refractivity contribution >= 4 is 11.6 Å². The summed E-state index contributed by atoms with van der Waals surface area (Å²) in [6.07, 6.45) is -1.30. The average molecular weight is 295 g/mol. The Morgan fingerprint density at radius 2 is 1.85 bits per heavy atom. The maximum atomic E-state index is 13.7. The summed E-state index contributed by atoms with van der Waals surface area (Å²) in [6, 6.07) is 13.8. The van der Waals surface area contributed by atoms with E-state index in [1.165, 1.54) is 13.2 Å². The van der Waals surface area contributed by atoms with Crippen molar-refractivity contribution in [3.8, 4) is 0 Å². The van der Waals surface area contributed by atoms with Crippen molar-refractivity contribution in [1.29, 1.82) is 0 Å². The largest absolute Gasteiger partial charge is 0.390 e. The summed E-state index contributed by atoms with van der Waals surface area (Å²) in [5, 5.41) is 10.6. The fourth-order valence-corrected chi connectivity index (χ4v) is 2.44. The van der Waals surface area contributed by atoms with Crippen molar-refractivity contribution in [1.82, 2.24) is 0 Å². The fraction of sp³-hybridized carbons (Fsp3) is 0.250. The van der Waals surface area contributed by atoms with Crippen LogP contribution in [0.25, 0.3) is 0 Å². The number of methoxy groups -OCH3 is 1. The molecule has 0 bridgehead atoms. The van der Waals surface area contributed by atoms with Gasteiger partial charge in [-0.2, -0.15) is 0 Å². The van der Waals surface area contributed by atoms with E-state index < -0.39 is 18.0 Å². The Bertz CT molecular complexity index is 539. The number of aliphatic hydroxyl groups is 1. The van der Waals surface area contributed by atoms with Gasteiger partial charge < -0.3 is 9.84 Å². The first-order valence-corrected chi connectivity index (χ1v) is 6.70. The van der Waals surface area contributed by atoms with Gasteiger partial charge in [0.15, 0.2) is 0 Å². The van der Waals surface area contributed by atoms with E-state index in [1.807, 2.05) is 30.3 Å². The summed E-state index contributed by atoms with van der Waals surface area (Å²) in [5.41, 5.74) is 1.15. The molecule has 4 heteroatoms. The van der Waals surface area contributed by atoms with E-state index in [0.717, 1.165) is 5.56 Å².